The number of benzene rings is 1. The summed E-state index contributed by atoms with van der Waals surface area (Å²) >= 11 is 1.24. The molecule has 1 saturated heterocycles. The topological polar surface area (TPSA) is 26.3 Å². The van der Waals surface area contributed by atoms with Gasteiger partial charge in [-0.2, -0.15) is 0 Å². The summed E-state index contributed by atoms with van der Waals surface area (Å²) in [7, 11) is 0. The minimum absolute atomic E-state index is 0.0434. The minimum Gasteiger partial charge on any atom is -0.448 e. The maximum absolute atomic E-state index is 10.8. The first kappa shape index (κ1) is 8.63. The highest BCUT2D eigenvalue weighted by atomic mass is 32.2. The molecule has 1 aliphatic heterocycles. The highest BCUT2D eigenvalue weighted by Crippen LogP contribution is 2.31. The number of cyclic esters (lactones) is 1. The van der Waals surface area contributed by atoms with Gasteiger partial charge < -0.3 is 4.74 Å². The Bertz CT molecular complexity index is 318. The van der Waals surface area contributed by atoms with Crippen molar-refractivity contribution in [1.82, 2.24) is 0 Å². The third-order valence-electron chi connectivity index (χ3n) is 2.04. The predicted octanol–water partition coefficient (Wildman–Crippen LogP) is 2.92. The van der Waals surface area contributed by atoms with E-state index in [1.165, 1.54) is 17.3 Å². The van der Waals surface area contributed by atoms with Gasteiger partial charge in [0, 0.05) is 5.75 Å². The van der Waals surface area contributed by atoms with E-state index < -0.39 is 0 Å². The van der Waals surface area contributed by atoms with Crippen LogP contribution < -0.4 is 0 Å². The summed E-state index contributed by atoms with van der Waals surface area (Å²) in [5.74, 6) is 0.738. The summed E-state index contributed by atoms with van der Waals surface area (Å²) in [6.45, 7) is 2.04. The Labute approximate surface area is 81.3 Å². The fraction of sp³-hybridized carbons (Fsp3) is 0.300. The molecule has 0 saturated carbocycles. The maximum Gasteiger partial charge on any atom is 0.368 e. The van der Waals surface area contributed by atoms with Crippen molar-refractivity contribution in [1.29, 1.82) is 0 Å². The molecule has 0 radical (unpaired) electrons. The molecule has 1 aromatic rings. The van der Waals surface area contributed by atoms with E-state index >= 15 is 0 Å². The van der Waals surface area contributed by atoms with Crippen LogP contribution >= 0.6 is 11.8 Å². The van der Waals surface area contributed by atoms with Crippen LogP contribution in [0, 0.1) is 6.92 Å². The normalized spacial score (nSPS) is 21.6. The zero-order valence-electron chi connectivity index (χ0n) is 7.32. The van der Waals surface area contributed by atoms with Gasteiger partial charge in [-0.3, -0.25) is 0 Å². The van der Waals surface area contributed by atoms with Gasteiger partial charge >= 0.3 is 5.30 Å². The fourth-order valence-electron chi connectivity index (χ4n) is 1.27. The van der Waals surface area contributed by atoms with E-state index in [2.05, 4.69) is 0 Å². The Balaban J connectivity index is 2.17. The monoisotopic (exact) mass is 194 g/mol. The second kappa shape index (κ2) is 3.42. The molecule has 13 heavy (non-hydrogen) atoms. The first-order valence-electron chi connectivity index (χ1n) is 4.16. The molecule has 0 bridgehead atoms. The third-order valence-corrected chi connectivity index (χ3v) is 2.84. The summed E-state index contributed by atoms with van der Waals surface area (Å²) in [5, 5.41) is -0.162. The van der Waals surface area contributed by atoms with E-state index in [4.69, 9.17) is 4.74 Å². The van der Waals surface area contributed by atoms with Gasteiger partial charge in [0.1, 0.15) is 6.10 Å². The molecule has 0 aromatic heterocycles. The summed E-state index contributed by atoms with van der Waals surface area (Å²) in [6.07, 6.45) is -0.0434. The van der Waals surface area contributed by atoms with Crippen LogP contribution in [0.2, 0.25) is 0 Å². The van der Waals surface area contributed by atoms with E-state index in [0.717, 1.165) is 11.3 Å². The quantitative estimate of drug-likeness (QED) is 0.643. The smallest absolute Gasteiger partial charge is 0.368 e. The van der Waals surface area contributed by atoms with E-state index in [1.807, 2.05) is 31.2 Å². The number of aryl methyl sites for hydroxylation is 1. The molecule has 0 N–H and O–H groups in total. The van der Waals surface area contributed by atoms with Crippen molar-refractivity contribution in [3.63, 3.8) is 0 Å². The van der Waals surface area contributed by atoms with Crippen LogP contribution in [0.15, 0.2) is 24.3 Å². The number of hydrogen-bond acceptors (Lipinski definition) is 3. The molecular formula is C10H10O2S. The van der Waals surface area contributed by atoms with Crippen molar-refractivity contribution >= 4 is 17.1 Å². The van der Waals surface area contributed by atoms with Crippen molar-refractivity contribution < 1.29 is 9.53 Å². The predicted molar refractivity (Wildman–Crippen MR) is 52.9 cm³/mol. The first-order chi connectivity index (χ1) is 6.25. The minimum atomic E-state index is -0.162. The Morgan fingerprint density at radius 2 is 2.08 bits per heavy atom. The van der Waals surface area contributed by atoms with Crippen LogP contribution in [0.5, 0.6) is 0 Å². The number of thioether (sulfide) groups is 1. The molecule has 1 aliphatic rings. The Morgan fingerprint density at radius 1 is 1.38 bits per heavy atom. The fourth-order valence-corrected chi connectivity index (χ4v) is 2.01. The highest BCUT2D eigenvalue weighted by Gasteiger charge is 2.25. The van der Waals surface area contributed by atoms with Crippen LogP contribution in [-0.4, -0.2) is 11.1 Å². The van der Waals surface area contributed by atoms with Crippen molar-refractivity contribution in [3.05, 3.63) is 35.4 Å². The molecule has 3 heteroatoms. The van der Waals surface area contributed by atoms with Gasteiger partial charge in [0.25, 0.3) is 0 Å². The number of carbonyl (C=O) groups is 1. The molecule has 1 heterocycles. The Morgan fingerprint density at radius 3 is 2.62 bits per heavy atom. The van der Waals surface area contributed by atoms with Crippen LogP contribution in [0.4, 0.5) is 4.79 Å². The van der Waals surface area contributed by atoms with Crippen LogP contribution in [0.1, 0.15) is 17.2 Å². The van der Waals surface area contributed by atoms with Crippen molar-refractivity contribution in [2.24, 2.45) is 0 Å². The summed E-state index contributed by atoms with van der Waals surface area (Å²) in [5.41, 5.74) is 2.31. The van der Waals surface area contributed by atoms with Crippen molar-refractivity contribution in [3.8, 4) is 0 Å². The summed E-state index contributed by atoms with van der Waals surface area (Å²) < 4.78 is 5.11. The average Bonchev–Trinajstić information content (AvgIpc) is 2.53. The van der Waals surface area contributed by atoms with E-state index in [9.17, 15) is 4.79 Å². The number of carbonyl (C=O) groups excluding carboxylic acids is 1. The average molecular weight is 194 g/mol. The Hall–Kier alpha value is -0.960. The maximum atomic E-state index is 10.8. The SMILES string of the molecule is Cc1ccc(C2CSC(=O)O2)cc1. The van der Waals surface area contributed by atoms with Gasteiger partial charge in [-0.05, 0) is 24.2 Å². The highest BCUT2D eigenvalue weighted by molar-refractivity contribution is 8.13. The second-order valence-corrected chi connectivity index (χ2v) is 4.03. The standard InChI is InChI=1S/C10H10O2S/c1-7-2-4-8(5-3-7)9-6-13-10(11)12-9/h2-5,9H,6H2,1H3. The van der Waals surface area contributed by atoms with Gasteiger partial charge in [0.05, 0.1) is 0 Å². The molecule has 0 amide bonds. The third kappa shape index (κ3) is 1.86. The zero-order valence-corrected chi connectivity index (χ0v) is 8.14. The van der Waals surface area contributed by atoms with Gasteiger partial charge in [-0.25, -0.2) is 4.79 Å². The number of hydrogen-bond donors (Lipinski definition) is 0. The lowest BCUT2D eigenvalue weighted by molar-refractivity contribution is 0.145. The van der Waals surface area contributed by atoms with Gasteiger partial charge in [0.2, 0.25) is 0 Å². The number of rotatable bonds is 1. The molecule has 2 rings (SSSR count). The molecule has 68 valence electrons. The zero-order chi connectivity index (χ0) is 9.26. The molecule has 0 spiro atoms. The lowest BCUT2D eigenvalue weighted by Crippen LogP contribution is -1.99. The Kier molecular flexibility index (Phi) is 2.27. The van der Waals surface area contributed by atoms with E-state index in [0.29, 0.717) is 0 Å². The molecule has 0 aliphatic carbocycles. The second-order valence-electron chi connectivity index (χ2n) is 3.08. The van der Waals surface area contributed by atoms with E-state index in [-0.39, 0.29) is 11.4 Å². The van der Waals surface area contributed by atoms with Gasteiger partial charge in [-0.15, -0.1) is 0 Å². The number of ether oxygens (including phenoxy) is 1. The molecule has 1 unspecified atom stereocenters. The first-order valence-corrected chi connectivity index (χ1v) is 5.14. The molecule has 2 nitrogen and oxygen atoms in total. The molecule has 1 aromatic carbocycles. The van der Waals surface area contributed by atoms with E-state index in [1.54, 1.807) is 0 Å². The lowest BCUT2D eigenvalue weighted by atomic mass is 10.1. The summed E-state index contributed by atoms with van der Waals surface area (Å²) in [6, 6.07) is 8.09. The van der Waals surface area contributed by atoms with Crippen molar-refractivity contribution in [2.45, 2.75) is 13.0 Å². The lowest BCUT2D eigenvalue weighted by Gasteiger charge is -2.07. The van der Waals surface area contributed by atoms with Crippen LogP contribution in [0.3, 0.4) is 0 Å². The van der Waals surface area contributed by atoms with Crippen molar-refractivity contribution in [2.75, 3.05) is 5.75 Å². The molecular weight excluding hydrogens is 184 g/mol. The van der Waals surface area contributed by atoms with Crippen LogP contribution in [0.25, 0.3) is 0 Å². The van der Waals surface area contributed by atoms with Gasteiger partial charge in [-0.1, -0.05) is 29.8 Å². The molecule has 1 atom stereocenters. The largest absolute Gasteiger partial charge is 0.448 e. The van der Waals surface area contributed by atoms with Crippen LogP contribution in [-0.2, 0) is 4.74 Å². The summed E-state index contributed by atoms with van der Waals surface area (Å²) in [4.78, 5) is 10.8. The van der Waals surface area contributed by atoms with Gasteiger partial charge in [0.15, 0.2) is 0 Å². The molecule has 1 fully saturated rings.